The van der Waals surface area contributed by atoms with Crippen molar-refractivity contribution in [3.8, 4) is 11.8 Å². The largest absolute Gasteiger partial charge is 0.383 e. The van der Waals surface area contributed by atoms with Gasteiger partial charge in [-0.25, -0.2) is 4.68 Å². The van der Waals surface area contributed by atoms with Gasteiger partial charge in [0, 0.05) is 31.7 Å². The fourth-order valence-electron chi connectivity index (χ4n) is 5.98. The van der Waals surface area contributed by atoms with Crippen LogP contribution in [0.4, 0.5) is 5.82 Å². The van der Waals surface area contributed by atoms with Crippen molar-refractivity contribution in [1.29, 1.82) is 0 Å². The maximum atomic E-state index is 12.6. The zero-order valence-electron chi connectivity index (χ0n) is 22.8. The van der Waals surface area contributed by atoms with Crippen molar-refractivity contribution < 1.29 is 14.3 Å². The summed E-state index contributed by atoms with van der Waals surface area (Å²) in [6, 6.07) is 3.35. The molecule has 11 heteroatoms. The fourth-order valence-corrected chi connectivity index (χ4v) is 6.19. The molecule has 3 aromatic rings. The van der Waals surface area contributed by atoms with Crippen LogP contribution in [0.2, 0.25) is 5.02 Å². The van der Waals surface area contributed by atoms with E-state index in [-0.39, 0.29) is 29.2 Å². The summed E-state index contributed by atoms with van der Waals surface area (Å²) in [4.78, 5) is 26.7. The van der Waals surface area contributed by atoms with E-state index in [1.54, 1.807) is 23.7 Å². The standard InChI is InChI=1S/C29H32ClN7O3/c1-5-16-7-9-22-26(16)20-13-21(30)17(11-24(20)34-33-22)8-10-23-27(28(31)39)29(32-3)37(35-23)18-12-19(15-40-4)36(14-18)25(38)6-2/h6,11,13,16,18-19,32H,2,5,7,9,12,14-15H2,1,3-4H3,(H2,31,39)/t16-,18-,19+/m0/s1. The Labute approximate surface area is 237 Å². The Kier molecular flexibility index (Phi) is 7.79. The first-order valence-electron chi connectivity index (χ1n) is 13.3. The van der Waals surface area contributed by atoms with Gasteiger partial charge >= 0.3 is 0 Å². The summed E-state index contributed by atoms with van der Waals surface area (Å²) in [5, 5.41) is 18.1. The van der Waals surface area contributed by atoms with E-state index in [0.29, 0.717) is 41.9 Å². The monoisotopic (exact) mass is 561 g/mol. The first kappa shape index (κ1) is 27.6. The van der Waals surface area contributed by atoms with Gasteiger partial charge in [0.25, 0.3) is 5.91 Å². The number of carbonyl (C=O) groups excluding carboxylic acids is 2. The van der Waals surface area contributed by atoms with E-state index in [2.05, 4.69) is 46.0 Å². The van der Waals surface area contributed by atoms with Gasteiger partial charge in [-0.05, 0) is 61.3 Å². The lowest BCUT2D eigenvalue weighted by atomic mass is 9.96. The van der Waals surface area contributed by atoms with Crippen LogP contribution in [0, 0.1) is 11.8 Å². The molecular weight excluding hydrogens is 530 g/mol. The summed E-state index contributed by atoms with van der Waals surface area (Å²) in [5.74, 6) is 6.10. The second-order valence-corrected chi connectivity index (χ2v) is 10.5. The molecule has 10 nitrogen and oxygen atoms in total. The number of methoxy groups -OCH3 is 1. The van der Waals surface area contributed by atoms with Gasteiger partial charge in [0.15, 0.2) is 5.69 Å². The van der Waals surface area contributed by atoms with Gasteiger partial charge in [0.1, 0.15) is 11.4 Å². The minimum atomic E-state index is -0.665. The summed E-state index contributed by atoms with van der Waals surface area (Å²) in [7, 11) is 3.28. The molecule has 1 aliphatic carbocycles. The molecule has 40 heavy (non-hydrogen) atoms. The predicted molar refractivity (Wildman–Crippen MR) is 153 cm³/mol. The number of likely N-dealkylation sites (tertiary alicyclic amines) is 1. The molecule has 2 aliphatic rings. The van der Waals surface area contributed by atoms with Gasteiger partial charge in [0.05, 0.1) is 34.9 Å². The van der Waals surface area contributed by atoms with Gasteiger partial charge in [-0.3, -0.25) is 9.59 Å². The molecule has 3 atom stereocenters. The maximum absolute atomic E-state index is 12.6. The number of benzene rings is 1. The number of amides is 2. The van der Waals surface area contributed by atoms with Crippen LogP contribution in [-0.2, 0) is 16.0 Å². The van der Waals surface area contributed by atoms with Gasteiger partial charge in [-0.1, -0.05) is 31.0 Å². The smallest absolute Gasteiger partial charge is 0.255 e. The van der Waals surface area contributed by atoms with Crippen molar-refractivity contribution in [3.63, 3.8) is 0 Å². The summed E-state index contributed by atoms with van der Waals surface area (Å²) < 4.78 is 7.02. The number of carbonyl (C=O) groups is 2. The zero-order valence-corrected chi connectivity index (χ0v) is 23.6. The number of ether oxygens (including phenoxy) is 1. The molecular formula is C29H32ClN7O3. The van der Waals surface area contributed by atoms with E-state index in [1.807, 2.05) is 12.1 Å². The predicted octanol–water partition coefficient (Wildman–Crippen LogP) is 3.43. The van der Waals surface area contributed by atoms with Crippen molar-refractivity contribution >= 4 is 40.1 Å². The number of halogens is 1. The van der Waals surface area contributed by atoms with Crippen LogP contribution in [0.1, 0.15) is 71.0 Å². The quantitative estimate of drug-likeness (QED) is 0.334. The first-order valence-corrected chi connectivity index (χ1v) is 13.7. The summed E-state index contributed by atoms with van der Waals surface area (Å²) in [6.45, 7) is 6.53. The van der Waals surface area contributed by atoms with Gasteiger partial charge in [0.2, 0.25) is 5.91 Å². The Morgan fingerprint density at radius 2 is 2.12 bits per heavy atom. The lowest BCUT2D eigenvalue weighted by Crippen LogP contribution is -2.37. The highest BCUT2D eigenvalue weighted by Crippen LogP contribution is 2.39. The number of primary amides is 1. The Morgan fingerprint density at radius 3 is 2.80 bits per heavy atom. The number of aromatic nitrogens is 4. The Bertz CT molecular complexity index is 1570. The van der Waals surface area contributed by atoms with Crippen LogP contribution < -0.4 is 11.1 Å². The third kappa shape index (κ3) is 4.80. The molecule has 208 valence electrons. The molecule has 2 amide bonds. The SMILES string of the molecule is C=CC(=O)N1C[C@@H](n2nc(C#Cc3cc4nnc5c(c4cc3Cl)[C@@H](CC)CC5)c(C(N)=O)c2NC)C[C@@H]1COC. The van der Waals surface area contributed by atoms with Crippen LogP contribution in [-0.4, -0.2) is 70.0 Å². The highest BCUT2D eigenvalue weighted by molar-refractivity contribution is 6.32. The molecule has 1 fully saturated rings. The summed E-state index contributed by atoms with van der Waals surface area (Å²) in [5.41, 5.74) is 9.73. The second kappa shape index (κ2) is 11.3. The third-order valence-corrected chi connectivity index (χ3v) is 8.17. The molecule has 2 aromatic heterocycles. The second-order valence-electron chi connectivity index (χ2n) is 10.1. The Balaban J connectivity index is 1.54. The van der Waals surface area contributed by atoms with E-state index in [4.69, 9.17) is 22.1 Å². The average molecular weight is 562 g/mol. The molecule has 5 rings (SSSR count). The van der Waals surface area contributed by atoms with Crippen LogP contribution >= 0.6 is 11.6 Å². The van der Waals surface area contributed by atoms with E-state index < -0.39 is 5.91 Å². The van der Waals surface area contributed by atoms with Gasteiger partial charge in [-0.15, -0.1) is 0 Å². The van der Waals surface area contributed by atoms with Gasteiger partial charge < -0.3 is 20.7 Å². The number of rotatable bonds is 7. The maximum Gasteiger partial charge on any atom is 0.255 e. The number of hydrogen-bond acceptors (Lipinski definition) is 7. The van der Waals surface area contributed by atoms with Crippen molar-refractivity contribution in [2.24, 2.45) is 5.73 Å². The normalized spacial score (nSPS) is 19.8. The lowest BCUT2D eigenvalue weighted by molar-refractivity contribution is -0.127. The van der Waals surface area contributed by atoms with Crippen molar-refractivity contribution in [1.82, 2.24) is 24.9 Å². The number of aryl methyl sites for hydroxylation is 1. The van der Waals surface area contributed by atoms with Crippen LogP contribution in [0.25, 0.3) is 10.9 Å². The number of nitrogens with zero attached hydrogens (tertiary/aromatic N) is 5. The number of nitrogens with two attached hydrogens (primary N) is 1. The molecule has 0 saturated carbocycles. The van der Waals surface area contributed by atoms with Gasteiger partial charge in [-0.2, -0.15) is 15.3 Å². The lowest BCUT2D eigenvalue weighted by Gasteiger charge is -2.22. The highest BCUT2D eigenvalue weighted by Gasteiger charge is 2.38. The first-order chi connectivity index (χ1) is 19.3. The molecule has 3 N–H and O–H groups in total. The Hall–Kier alpha value is -3.94. The molecule has 0 bridgehead atoms. The van der Waals surface area contributed by atoms with E-state index in [1.165, 1.54) is 11.6 Å². The van der Waals surface area contributed by atoms with E-state index >= 15 is 0 Å². The third-order valence-electron chi connectivity index (χ3n) is 7.86. The van der Waals surface area contributed by atoms with E-state index in [9.17, 15) is 9.59 Å². The molecule has 0 spiro atoms. The van der Waals surface area contributed by atoms with Crippen molar-refractivity contribution in [2.45, 2.75) is 50.6 Å². The molecule has 0 radical (unpaired) electrons. The zero-order chi connectivity index (χ0) is 28.6. The average Bonchev–Trinajstić information content (AvgIpc) is 3.66. The number of hydrogen-bond donors (Lipinski definition) is 2. The fraction of sp³-hybridized carbons (Fsp3) is 0.414. The topological polar surface area (TPSA) is 128 Å². The van der Waals surface area contributed by atoms with Crippen molar-refractivity contribution in [3.05, 3.63) is 57.9 Å². The van der Waals surface area contributed by atoms with Crippen LogP contribution in [0.15, 0.2) is 24.8 Å². The molecule has 1 saturated heterocycles. The molecule has 1 aromatic carbocycles. The molecule has 3 heterocycles. The summed E-state index contributed by atoms with van der Waals surface area (Å²) in [6.07, 6.45) is 4.89. The van der Waals surface area contributed by atoms with Crippen LogP contribution in [0.3, 0.4) is 0 Å². The molecule has 0 unspecified atom stereocenters. The number of anilines is 1. The van der Waals surface area contributed by atoms with Crippen LogP contribution in [0.5, 0.6) is 0 Å². The Morgan fingerprint density at radius 1 is 1.32 bits per heavy atom. The number of fused-ring (bicyclic) bond motifs is 3. The van der Waals surface area contributed by atoms with Crippen molar-refractivity contribution in [2.75, 3.05) is 32.6 Å². The minimum Gasteiger partial charge on any atom is -0.383 e. The number of nitrogens with one attached hydrogen (secondary N) is 1. The van der Waals surface area contributed by atoms with E-state index in [0.717, 1.165) is 35.9 Å². The molecule has 1 aliphatic heterocycles. The highest BCUT2D eigenvalue weighted by atomic mass is 35.5. The minimum absolute atomic E-state index is 0.160. The summed E-state index contributed by atoms with van der Waals surface area (Å²) >= 11 is 6.70.